The number of piperidine rings is 1. The summed E-state index contributed by atoms with van der Waals surface area (Å²) in [4.78, 5) is 15.3. The van der Waals surface area contributed by atoms with Crippen LogP contribution in [0.15, 0.2) is 34.4 Å². The van der Waals surface area contributed by atoms with Gasteiger partial charge in [0.15, 0.2) is 0 Å². The minimum atomic E-state index is -0.0223. The van der Waals surface area contributed by atoms with Crippen molar-refractivity contribution in [1.29, 1.82) is 0 Å². The quantitative estimate of drug-likeness (QED) is 0.863. The monoisotopic (exact) mass is 275 g/mol. The van der Waals surface area contributed by atoms with Gasteiger partial charge in [0.25, 0.3) is 5.56 Å². The van der Waals surface area contributed by atoms with Gasteiger partial charge < -0.3 is 0 Å². The molecule has 2 aromatic rings. The summed E-state index contributed by atoms with van der Waals surface area (Å²) in [7, 11) is 0. The van der Waals surface area contributed by atoms with E-state index in [2.05, 4.69) is 10.00 Å². The van der Waals surface area contributed by atoms with Crippen LogP contribution in [0, 0.1) is 0 Å². The number of rotatable bonds is 3. The second kappa shape index (κ2) is 5.67. The highest BCUT2D eigenvalue weighted by molar-refractivity contribution is 7.13. The van der Waals surface area contributed by atoms with E-state index in [4.69, 9.17) is 0 Å². The summed E-state index contributed by atoms with van der Waals surface area (Å²) in [5.41, 5.74) is 0.859. The molecule has 0 atom stereocenters. The third-order valence-corrected chi connectivity index (χ3v) is 4.32. The smallest absolute Gasteiger partial charge is 0.268 e. The Hall–Kier alpha value is -1.46. The van der Waals surface area contributed by atoms with Gasteiger partial charge in [0.1, 0.15) is 5.69 Å². The molecule has 0 unspecified atom stereocenters. The van der Waals surface area contributed by atoms with Gasteiger partial charge in [-0.1, -0.05) is 12.5 Å². The Morgan fingerprint density at radius 1 is 1.16 bits per heavy atom. The minimum Gasteiger partial charge on any atom is -0.284 e. The van der Waals surface area contributed by atoms with Crippen LogP contribution in [0.1, 0.15) is 19.3 Å². The minimum absolute atomic E-state index is 0.0223. The van der Waals surface area contributed by atoms with Crippen LogP contribution in [-0.4, -0.2) is 27.8 Å². The van der Waals surface area contributed by atoms with Crippen LogP contribution >= 0.6 is 11.3 Å². The number of nitrogens with zero attached hydrogens (tertiary/aromatic N) is 3. The number of thiophene rings is 1. The molecule has 0 spiro atoms. The molecule has 5 heteroatoms. The van der Waals surface area contributed by atoms with Crippen molar-refractivity contribution < 1.29 is 0 Å². The molecule has 0 radical (unpaired) electrons. The first-order chi connectivity index (χ1) is 9.33. The summed E-state index contributed by atoms with van der Waals surface area (Å²) in [6, 6.07) is 7.46. The van der Waals surface area contributed by atoms with Gasteiger partial charge in [-0.25, -0.2) is 4.68 Å². The molecule has 3 rings (SSSR count). The van der Waals surface area contributed by atoms with Crippen LogP contribution in [0.5, 0.6) is 0 Å². The van der Waals surface area contributed by atoms with Crippen LogP contribution in [0.25, 0.3) is 10.6 Å². The summed E-state index contributed by atoms with van der Waals surface area (Å²) < 4.78 is 1.58. The van der Waals surface area contributed by atoms with Crippen molar-refractivity contribution in [2.24, 2.45) is 0 Å². The summed E-state index contributed by atoms with van der Waals surface area (Å²) in [5, 5.41) is 6.51. The van der Waals surface area contributed by atoms with E-state index in [0.29, 0.717) is 6.67 Å². The maximum Gasteiger partial charge on any atom is 0.268 e. The molecule has 3 heterocycles. The number of aromatic nitrogens is 2. The molecule has 1 aliphatic heterocycles. The van der Waals surface area contributed by atoms with E-state index >= 15 is 0 Å². The summed E-state index contributed by atoms with van der Waals surface area (Å²) >= 11 is 1.65. The third-order valence-electron chi connectivity index (χ3n) is 3.42. The largest absolute Gasteiger partial charge is 0.284 e. The first kappa shape index (κ1) is 12.6. The van der Waals surface area contributed by atoms with E-state index in [0.717, 1.165) is 23.7 Å². The fraction of sp³-hybridized carbons (Fsp3) is 0.429. The normalized spacial score (nSPS) is 16.6. The molecule has 2 aromatic heterocycles. The Morgan fingerprint density at radius 3 is 2.74 bits per heavy atom. The van der Waals surface area contributed by atoms with Crippen molar-refractivity contribution in [2.45, 2.75) is 25.9 Å². The summed E-state index contributed by atoms with van der Waals surface area (Å²) in [6.45, 7) is 2.74. The molecule has 0 amide bonds. The average molecular weight is 275 g/mol. The highest BCUT2D eigenvalue weighted by Crippen LogP contribution is 2.21. The lowest BCUT2D eigenvalue weighted by Gasteiger charge is -2.26. The summed E-state index contributed by atoms with van der Waals surface area (Å²) in [6.07, 6.45) is 3.74. The van der Waals surface area contributed by atoms with Crippen molar-refractivity contribution >= 4 is 11.3 Å². The predicted molar refractivity (Wildman–Crippen MR) is 77.2 cm³/mol. The number of hydrogen-bond acceptors (Lipinski definition) is 4. The van der Waals surface area contributed by atoms with Gasteiger partial charge >= 0.3 is 0 Å². The Balaban J connectivity index is 1.84. The second-order valence-corrected chi connectivity index (χ2v) is 5.80. The van der Waals surface area contributed by atoms with E-state index in [9.17, 15) is 4.79 Å². The highest BCUT2D eigenvalue weighted by atomic mass is 32.1. The zero-order valence-corrected chi connectivity index (χ0v) is 11.6. The number of hydrogen-bond donors (Lipinski definition) is 0. The molecule has 0 N–H and O–H groups in total. The van der Waals surface area contributed by atoms with Gasteiger partial charge in [0.05, 0.1) is 11.5 Å². The average Bonchev–Trinajstić information content (AvgIpc) is 2.96. The topological polar surface area (TPSA) is 38.1 Å². The molecule has 0 aliphatic carbocycles. The predicted octanol–water partition coefficient (Wildman–Crippen LogP) is 2.42. The first-order valence-corrected chi connectivity index (χ1v) is 7.55. The van der Waals surface area contributed by atoms with E-state index in [-0.39, 0.29) is 5.56 Å². The molecule has 0 aromatic carbocycles. The molecule has 4 nitrogen and oxygen atoms in total. The van der Waals surface area contributed by atoms with Gasteiger partial charge in [0, 0.05) is 6.07 Å². The Labute approximate surface area is 116 Å². The molecule has 1 saturated heterocycles. The third kappa shape index (κ3) is 2.93. The molecular weight excluding hydrogens is 258 g/mol. The van der Waals surface area contributed by atoms with E-state index < -0.39 is 0 Å². The molecular formula is C14H17N3OS. The zero-order chi connectivity index (χ0) is 13.1. The van der Waals surface area contributed by atoms with Gasteiger partial charge in [-0.3, -0.25) is 9.69 Å². The van der Waals surface area contributed by atoms with Crippen LogP contribution in [0.3, 0.4) is 0 Å². The van der Waals surface area contributed by atoms with E-state index in [1.807, 2.05) is 17.5 Å². The molecule has 100 valence electrons. The SMILES string of the molecule is O=c1ccc(-c2cccs2)nn1CN1CCCCC1. The number of likely N-dealkylation sites (tertiary alicyclic amines) is 1. The first-order valence-electron chi connectivity index (χ1n) is 6.67. The fourth-order valence-corrected chi connectivity index (χ4v) is 3.09. The van der Waals surface area contributed by atoms with Gasteiger partial charge in [0.2, 0.25) is 0 Å². The standard InChI is InChI=1S/C14H17N3OS/c18-14-7-6-12(13-5-4-10-19-13)15-17(14)11-16-8-2-1-3-9-16/h4-7,10H,1-3,8-9,11H2. The van der Waals surface area contributed by atoms with Gasteiger partial charge in [-0.05, 0) is 43.4 Å². The van der Waals surface area contributed by atoms with Crippen molar-refractivity contribution in [1.82, 2.24) is 14.7 Å². The van der Waals surface area contributed by atoms with Gasteiger partial charge in [-0.15, -0.1) is 11.3 Å². The van der Waals surface area contributed by atoms with E-state index in [1.165, 1.54) is 19.3 Å². The second-order valence-electron chi connectivity index (χ2n) is 4.85. The molecule has 1 fully saturated rings. The van der Waals surface area contributed by atoms with Crippen LogP contribution in [0.2, 0.25) is 0 Å². The van der Waals surface area contributed by atoms with Crippen LogP contribution < -0.4 is 5.56 Å². The molecule has 0 saturated carbocycles. The lowest BCUT2D eigenvalue weighted by Crippen LogP contribution is -2.36. The highest BCUT2D eigenvalue weighted by Gasteiger charge is 2.12. The maximum atomic E-state index is 11.9. The van der Waals surface area contributed by atoms with Crippen molar-refractivity contribution in [3.63, 3.8) is 0 Å². The maximum absolute atomic E-state index is 11.9. The molecule has 1 aliphatic rings. The molecule has 19 heavy (non-hydrogen) atoms. The lowest BCUT2D eigenvalue weighted by molar-refractivity contribution is 0.170. The van der Waals surface area contributed by atoms with Crippen LogP contribution in [-0.2, 0) is 6.67 Å². The van der Waals surface area contributed by atoms with Crippen molar-refractivity contribution in [3.8, 4) is 10.6 Å². The Kier molecular flexibility index (Phi) is 3.75. The van der Waals surface area contributed by atoms with Gasteiger partial charge in [-0.2, -0.15) is 5.10 Å². The Bertz CT molecular complexity index is 585. The Morgan fingerprint density at radius 2 is 2.00 bits per heavy atom. The summed E-state index contributed by atoms with van der Waals surface area (Å²) in [5.74, 6) is 0. The van der Waals surface area contributed by atoms with E-state index in [1.54, 1.807) is 28.2 Å². The fourth-order valence-electron chi connectivity index (χ4n) is 2.40. The van der Waals surface area contributed by atoms with Crippen LogP contribution in [0.4, 0.5) is 0 Å². The van der Waals surface area contributed by atoms with Crippen molar-refractivity contribution in [2.75, 3.05) is 13.1 Å². The lowest BCUT2D eigenvalue weighted by atomic mass is 10.1. The van der Waals surface area contributed by atoms with Crippen molar-refractivity contribution in [3.05, 3.63) is 40.0 Å². The molecule has 0 bridgehead atoms. The zero-order valence-electron chi connectivity index (χ0n) is 10.8.